The van der Waals surface area contributed by atoms with E-state index in [2.05, 4.69) is 25.3 Å². The van der Waals surface area contributed by atoms with E-state index in [1.807, 2.05) is 37.8 Å². The molecule has 3 aliphatic carbocycles. The highest BCUT2D eigenvalue weighted by Gasteiger charge is 2.66. The molecule has 2 aromatic carbocycles. The van der Waals surface area contributed by atoms with Gasteiger partial charge >= 0.3 is 0 Å². The number of benzene rings is 2. The summed E-state index contributed by atoms with van der Waals surface area (Å²) in [6, 6.07) is 11.6. The van der Waals surface area contributed by atoms with Crippen LogP contribution in [0.15, 0.2) is 84.6 Å². The summed E-state index contributed by atoms with van der Waals surface area (Å²) in [6.45, 7) is 14.7. The molecule has 55 heavy (non-hydrogen) atoms. The maximum Gasteiger partial charge on any atom is 0.239 e. The first kappa shape index (κ1) is 40.7. The van der Waals surface area contributed by atoms with Gasteiger partial charge in [0.15, 0.2) is 0 Å². The number of oxime groups is 1. The molecule has 2 fully saturated rings. The van der Waals surface area contributed by atoms with E-state index in [0.717, 1.165) is 60.9 Å². The number of halogens is 1. The highest BCUT2D eigenvalue weighted by molar-refractivity contribution is 6.03. The lowest BCUT2D eigenvalue weighted by Crippen LogP contribution is -2.70. The number of carbonyl (C=O) groups excluding carboxylic acids is 1. The van der Waals surface area contributed by atoms with E-state index in [9.17, 15) is 19.4 Å². The van der Waals surface area contributed by atoms with Crippen LogP contribution in [-0.4, -0.2) is 70.6 Å². The third kappa shape index (κ3) is 9.19. The Hall–Kier alpha value is -3.99. The molecule has 4 aliphatic rings. The summed E-state index contributed by atoms with van der Waals surface area (Å²) < 4.78 is 34.7. The van der Waals surface area contributed by atoms with Gasteiger partial charge in [-0.25, -0.2) is 4.39 Å². The maximum atomic E-state index is 14.6. The molecule has 1 amide bonds. The number of allylic oxidation sites excluding steroid dienone is 1. The highest BCUT2D eigenvalue weighted by Crippen LogP contribution is 2.62. The van der Waals surface area contributed by atoms with E-state index in [1.165, 1.54) is 12.1 Å². The van der Waals surface area contributed by atoms with E-state index >= 15 is 0 Å². The second kappa shape index (κ2) is 17.9. The lowest BCUT2D eigenvalue weighted by molar-refractivity contribution is -0.258. The maximum absolute atomic E-state index is 14.6. The third-order valence-corrected chi connectivity index (χ3v) is 11.3. The van der Waals surface area contributed by atoms with Crippen molar-refractivity contribution < 1.29 is 38.4 Å². The van der Waals surface area contributed by atoms with Crippen molar-refractivity contribution in [3.8, 4) is 11.5 Å². The average Bonchev–Trinajstić information content (AvgIpc) is 4.02. The summed E-state index contributed by atoms with van der Waals surface area (Å²) in [7, 11) is 0. The Morgan fingerprint density at radius 3 is 2.38 bits per heavy atom. The van der Waals surface area contributed by atoms with Gasteiger partial charge in [0, 0.05) is 43.6 Å². The minimum Gasteiger partial charge on any atom is -0.490 e. The van der Waals surface area contributed by atoms with Crippen molar-refractivity contribution >= 4 is 11.6 Å². The summed E-state index contributed by atoms with van der Waals surface area (Å²) in [5.41, 5.74) is 2.93. The SMILES string of the molecule is C=CCOc1ccc2c(c1)[C@H]1[C@H](CCCCO)[C@@H](CCCCO)C=C3C(=NOC(C)(C)C)C[C@H](N(Cc4ccc(F)cc4)C(=O)C4CC4)[C@@](OCC=C)(O2)[C@H]31. The number of unbranched alkanes of at least 4 members (excludes halogenated alkanes) is 2. The number of nitrogens with zero attached hydrogens (tertiary/aromatic N) is 2. The third-order valence-electron chi connectivity index (χ3n) is 11.3. The molecular weight excluding hydrogens is 700 g/mol. The van der Waals surface area contributed by atoms with Crippen LogP contribution in [0, 0.1) is 29.5 Å². The number of amides is 1. The molecule has 9 nitrogen and oxygen atoms in total. The Morgan fingerprint density at radius 2 is 1.73 bits per heavy atom. The summed E-state index contributed by atoms with van der Waals surface area (Å²) in [6.07, 6.45) is 12.4. The monoisotopic (exact) mass is 758 g/mol. The first-order chi connectivity index (χ1) is 26.5. The smallest absolute Gasteiger partial charge is 0.239 e. The zero-order valence-corrected chi connectivity index (χ0v) is 32.8. The fourth-order valence-corrected chi connectivity index (χ4v) is 8.78. The van der Waals surface area contributed by atoms with Gasteiger partial charge in [0.2, 0.25) is 11.7 Å². The summed E-state index contributed by atoms with van der Waals surface area (Å²) >= 11 is 0. The van der Waals surface area contributed by atoms with Gasteiger partial charge < -0.3 is 34.2 Å². The van der Waals surface area contributed by atoms with Crippen molar-refractivity contribution in [3.63, 3.8) is 0 Å². The fraction of sp³-hybridized carbons (Fsp3) is 0.556. The van der Waals surface area contributed by atoms with E-state index < -0.39 is 23.3 Å². The van der Waals surface area contributed by atoms with Crippen molar-refractivity contribution in [2.45, 2.75) is 108 Å². The standard InChI is InChI=1S/C45H59FN2O7/c1-6-24-52-34-20-21-39-37(27-34)41-35(13-9-11-23-50)32(12-8-10-22-49)26-36-38(47-55-44(3,4)5)28-40(45(54-39,42(36)41)53-25-7-2)48(43(51)31-16-17-31)29-30-14-18-33(46)19-15-30/h6-7,14-15,18-21,26-27,31-32,35,40-42,49-50H,1-2,8-13,16-17,22-25,28-29H2,3-5H3/t32-,35+,40-,41+,42+,45+/m0/s1. The molecule has 2 aromatic rings. The molecule has 0 bridgehead atoms. The van der Waals surface area contributed by atoms with Gasteiger partial charge in [0.1, 0.15) is 35.6 Å². The molecule has 1 aliphatic heterocycles. The van der Waals surface area contributed by atoms with Crippen LogP contribution in [0.1, 0.15) is 95.6 Å². The molecular formula is C45H59FN2O7. The average molecular weight is 759 g/mol. The van der Waals surface area contributed by atoms with Gasteiger partial charge in [0.05, 0.1) is 18.2 Å². The molecule has 0 saturated heterocycles. The first-order valence-electron chi connectivity index (χ1n) is 20.1. The van der Waals surface area contributed by atoms with E-state index in [-0.39, 0.29) is 61.8 Å². The van der Waals surface area contributed by atoms with Crippen LogP contribution in [-0.2, 0) is 20.9 Å². The Balaban J connectivity index is 1.61. The van der Waals surface area contributed by atoms with E-state index in [1.54, 1.807) is 24.3 Å². The van der Waals surface area contributed by atoms with Gasteiger partial charge in [-0.15, -0.1) is 6.58 Å². The first-order valence-corrected chi connectivity index (χ1v) is 20.1. The lowest BCUT2D eigenvalue weighted by Gasteiger charge is -2.60. The molecule has 0 radical (unpaired) electrons. The summed E-state index contributed by atoms with van der Waals surface area (Å²) in [4.78, 5) is 22.7. The number of hydrogen-bond donors (Lipinski definition) is 2. The Morgan fingerprint density at radius 1 is 1.02 bits per heavy atom. The van der Waals surface area contributed by atoms with Gasteiger partial charge in [0.25, 0.3) is 0 Å². The highest BCUT2D eigenvalue weighted by atomic mass is 19.1. The molecule has 2 N–H and O–H groups in total. The molecule has 6 rings (SSSR count). The van der Waals surface area contributed by atoms with Crippen LogP contribution in [0.25, 0.3) is 0 Å². The lowest BCUT2D eigenvalue weighted by atomic mass is 9.55. The Kier molecular flexibility index (Phi) is 13.2. The number of ether oxygens (including phenoxy) is 3. The van der Waals surface area contributed by atoms with E-state index in [0.29, 0.717) is 37.4 Å². The van der Waals surface area contributed by atoms with Crippen LogP contribution in [0.4, 0.5) is 4.39 Å². The van der Waals surface area contributed by atoms with Crippen molar-refractivity contribution in [1.29, 1.82) is 0 Å². The number of carbonyl (C=O) groups is 1. The Bertz CT molecular complexity index is 1710. The van der Waals surface area contributed by atoms with E-state index in [4.69, 9.17) is 24.2 Å². The molecule has 1 heterocycles. The minimum atomic E-state index is -1.36. The zero-order valence-electron chi connectivity index (χ0n) is 32.8. The van der Waals surface area contributed by atoms with Crippen molar-refractivity contribution in [1.82, 2.24) is 4.90 Å². The van der Waals surface area contributed by atoms with Gasteiger partial charge in [-0.1, -0.05) is 54.9 Å². The topological polar surface area (TPSA) is 110 Å². The van der Waals surface area contributed by atoms with Crippen LogP contribution >= 0.6 is 0 Å². The largest absolute Gasteiger partial charge is 0.490 e. The van der Waals surface area contributed by atoms with Gasteiger partial charge in [-0.3, -0.25) is 4.79 Å². The molecule has 10 heteroatoms. The van der Waals surface area contributed by atoms with Gasteiger partial charge in [-0.05, 0) is 113 Å². The van der Waals surface area contributed by atoms with Crippen molar-refractivity contribution in [3.05, 3.63) is 96.4 Å². The fourth-order valence-electron chi connectivity index (χ4n) is 8.78. The van der Waals surface area contributed by atoms with Crippen LogP contribution in [0.3, 0.4) is 0 Å². The number of fused-ring (bicyclic) bond motifs is 2. The predicted octanol–water partition coefficient (Wildman–Crippen LogP) is 8.26. The molecule has 2 saturated carbocycles. The normalized spacial score (nSPS) is 26.3. The summed E-state index contributed by atoms with van der Waals surface area (Å²) in [5.74, 6) is -0.836. The predicted molar refractivity (Wildman–Crippen MR) is 211 cm³/mol. The zero-order chi connectivity index (χ0) is 39.2. The second-order valence-corrected chi connectivity index (χ2v) is 16.4. The molecule has 6 atom stereocenters. The van der Waals surface area contributed by atoms with Crippen LogP contribution < -0.4 is 9.47 Å². The summed E-state index contributed by atoms with van der Waals surface area (Å²) in [5, 5.41) is 24.6. The molecule has 0 unspecified atom stereocenters. The molecule has 0 spiro atoms. The van der Waals surface area contributed by atoms with Crippen molar-refractivity contribution in [2.75, 3.05) is 26.4 Å². The number of rotatable bonds is 19. The second-order valence-electron chi connectivity index (χ2n) is 16.4. The van der Waals surface area contributed by atoms with Gasteiger partial charge in [-0.2, -0.15) is 0 Å². The van der Waals surface area contributed by atoms with Crippen molar-refractivity contribution in [2.24, 2.45) is 28.8 Å². The van der Waals surface area contributed by atoms with Crippen LogP contribution in [0.2, 0.25) is 0 Å². The molecule has 298 valence electrons. The molecule has 0 aromatic heterocycles. The number of aliphatic hydroxyl groups is 2. The van der Waals surface area contributed by atoms with Crippen LogP contribution in [0.5, 0.6) is 11.5 Å². The minimum absolute atomic E-state index is 0.00993. The Labute approximate surface area is 325 Å². The number of aliphatic hydroxyl groups excluding tert-OH is 2. The number of hydrogen-bond acceptors (Lipinski definition) is 8. The quantitative estimate of drug-likeness (QED) is 0.0844.